The van der Waals surface area contributed by atoms with Crippen LogP contribution in [-0.4, -0.2) is 5.60 Å². The Morgan fingerprint density at radius 3 is 2.79 bits per heavy atom. The van der Waals surface area contributed by atoms with Gasteiger partial charge >= 0.3 is 0 Å². The lowest BCUT2D eigenvalue weighted by Gasteiger charge is -2.47. The van der Waals surface area contributed by atoms with Crippen LogP contribution in [0.5, 0.6) is 0 Å². The molecule has 1 saturated heterocycles. The van der Waals surface area contributed by atoms with Gasteiger partial charge in [0, 0.05) is 12.3 Å². The Bertz CT molecular complexity index is 258. The first kappa shape index (κ1) is 10.1. The molecule has 1 unspecified atom stereocenters. The van der Waals surface area contributed by atoms with E-state index in [9.17, 15) is 0 Å². The van der Waals surface area contributed by atoms with Crippen LogP contribution in [0.25, 0.3) is 0 Å². The van der Waals surface area contributed by atoms with E-state index < -0.39 is 0 Å². The van der Waals surface area contributed by atoms with Crippen molar-refractivity contribution in [3.63, 3.8) is 0 Å². The Kier molecular flexibility index (Phi) is 2.17. The molecule has 80 valence electrons. The minimum Gasteiger partial charge on any atom is -0.492 e. The Morgan fingerprint density at radius 1 is 1.43 bits per heavy atom. The summed E-state index contributed by atoms with van der Waals surface area (Å²) in [5.74, 6) is 1.71. The fourth-order valence-corrected chi connectivity index (χ4v) is 3.54. The molecule has 1 aliphatic carbocycles. The molecular weight excluding hydrogens is 172 g/mol. The molecule has 1 aliphatic heterocycles. The van der Waals surface area contributed by atoms with E-state index in [1.807, 2.05) is 0 Å². The molecule has 0 radical (unpaired) electrons. The maximum atomic E-state index is 5.96. The van der Waals surface area contributed by atoms with Crippen molar-refractivity contribution in [1.82, 2.24) is 0 Å². The van der Waals surface area contributed by atoms with Gasteiger partial charge in [-0.3, -0.25) is 0 Å². The molecule has 14 heavy (non-hydrogen) atoms. The molecule has 2 aliphatic rings. The highest BCUT2D eigenvalue weighted by atomic mass is 16.5. The largest absolute Gasteiger partial charge is 0.492 e. The van der Waals surface area contributed by atoms with Crippen molar-refractivity contribution in [2.24, 2.45) is 11.3 Å². The van der Waals surface area contributed by atoms with Crippen LogP contribution in [-0.2, 0) is 4.74 Å². The Hall–Kier alpha value is -0.460. The second-order valence-corrected chi connectivity index (χ2v) is 5.57. The smallest absolute Gasteiger partial charge is 0.109 e. The third-order valence-corrected chi connectivity index (χ3v) is 4.62. The van der Waals surface area contributed by atoms with Gasteiger partial charge < -0.3 is 4.74 Å². The minimum atomic E-state index is 0.0973. The number of hydrogen-bond donors (Lipinski definition) is 0. The molecule has 0 bridgehead atoms. The molecule has 0 aromatic carbocycles. The Balaban J connectivity index is 2.30. The van der Waals surface area contributed by atoms with Gasteiger partial charge in [-0.2, -0.15) is 0 Å². The van der Waals surface area contributed by atoms with E-state index in [0.29, 0.717) is 11.3 Å². The van der Waals surface area contributed by atoms with E-state index in [4.69, 9.17) is 4.74 Å². The van der Waals surface area contributed by atoms with Gasteiger partial charge in [0.2, 0.25) is 0 Å². The van der Waals surface area contributed by atoms with E-state index in [0.717, 1.165) is 12.2 Å². The number of rotatable bonds is 1. The van der Waals surface area contributed by atoms with Crippen molar-refractivity contribution in [1.29, 1.82) is 0 Å². The molecule has 0 N–H and O–H groups in total. The predicted molar refractivity (Wildman–Crippen MR) is 59.0 cm³/mol. The van der Waals surface area contributed by atoms with Gasteiger partial charge in [0.25, 0.3) is 0 Å². The molecule has 0 aromatic heterocycles. The highest BCUT2D eigenvalue weighted by molar-refractivity contribution is 5.10. The van der Waals surface area contributed by atoms with Gasteiger partial charge in [-0.25, -0.2) is 0 Å². The highest BCUT2D eigenvalue weighted by Gasteiger charge is 2.53. The molecule has 1 nitrogen and oxygen atoms in total. The first-order valence-corrected chi connectivity index (χ1v) is 5.87. The lowest BCUT2D eigenvalue weighted by atomic mass is 9.60. The molecule has 3 atom stereocenters. The summed E-state index contributed by atoms with van der Waals surface area (Å²) in [5, 5.41) is 0. The topological polar surface area (TPSA) is 9.23 Å². The minimum absolute atomic E-state index is 0.0973. The van der Waals surface area contributed by atoms with Crippen LogP contribution in [0.4, 0.5) is 0 Å². The summed E-state index contributed by atoms with van der Waals surface area (Å²) in [6.07, 6.45) is 6.24. The van der Waals surface area contributed by atoms with Crippen LogP contribution in [0.2, 0.25) is 0 Å². The first-order valence-electron chi connectivity index (χ1n) is 5.87. The van der Waals surface area contributed by atoms with Crippen LogP contribution >= 0.6 is 0 Å². The summed E-state index contributed by atoms with van der Waals surface area (Å²) < 4.78 is 5.96. The highest BCUT2D eigenvalue weighted by Crippen LogP contribution is 2.56. The summed E-state index contributed by atoms with van der Waals surface area (Å²) in [6.45, 7) is 11.0. The third-order valence-electron chi connectivity index (χ3n) is 4.62. The van der Waals surface area contributed by atoms with Crippen molar-refractivity contribution >= 4 is 0 Å². The SMILES string of the molecule is C=C1CC2[C@](C)(CC)CCC[C@]2(C)O1. The van der Waals surface area contributed by atoms with Gasteiger partial charge in [0.1, 0.15) is 5.60 Å². The van der Waals surface area contributed by atoms with Gasteiger partial charge in [-0.05, 0) is 31.6 Å². The van der Waals surface area contributed by atoms with Crippen molar-refractivity contribution in [3.8, 4) is 0 Å². The monoisotopic (exact) mass is 194 g/mol. The summed E-state index contributed by atoms with van der Waals surface area (Å²) in [6, 6.07) is 0. The zero-order valence-electron chi connectivity index (χ0n) is 9.73. The second kappa shape index (κ2) is 3.01. The van der Waals surface area contributed by atoms with Crippen molar-refractivity contribution in [2.45, 2.75) is 58.5 Å². The maximum absolute atomic E-state index is 5.96. The predicted octanol–water partition coefficient (Wildman–Crippen LogP) is 3.90. The van der Waals surface area contributed by atoms with Crippen LogP contribution in [0.15, 0.2) is 12.3 Å². The average molecular weight is 194 g/mol. The zero-order valence-corrected chi connectivity index (χ0v) is 9.73. The second-order valence-electron chi connectivity index (χ2n) is 5.57. The average Bonchev–Trinajstić information content (AvgIpc) is 2.42. The van der Waals surface area contributed by atoms with Crippen molar-refractivity contribution in [2.75, 3.05) is 0 Å². The van der Waals surface area contributed by atoms with Crippen LogP contribution in [0.1, 0.15) is 52.9 Å². The standard InChI is InChI=1S/C13H22O/c1-5-12(3)7-6-8-13(4)11(12)9-10(2)14-13/h11H,2,5-9H2,1,3-4H3/t11?,12-,13+/m1/s1. The fraction of sp³-hybridized carbons (Fsp3) is 0.846. The molecule has 0 aromatic rings. The van der Waals surface area contributed by atoms with Crippen LogP contribution in [0.3, 0.4) is 0 Å². The molecule has 1 heteroatoms. The summed E-state index contributed by atoms with van der Waals surface area (Å²) in [5.41, 5.74) is 0.576. The van der Waals surface area contributed by atoms with E-state index >= 15 is 0 Å². The zero-order chi connectivity index (χ0) is 10.4. The van der Waals surface area contributed by atoms with E-state index in [1.165, 1.54) is 25.7 Å². The van der Waals surface area contributed by atoms with E-state index in [1.54, 1.807) is 0 Å². The normalized spacial score (nSPS) is 47.4. The fourth-order valence-electron chi connectivity index (χ4n) is 3.54. The molecule has 1 heterocycles. The van der Waals surface area contributed by atoms with Crippen LogP contribution < -0.4 is 0 Å². The molecule has 2 rings (SSSR count). The van der Waals surface area contributed by atoms with Crippen molar-refractivity contribution in [3.05, 3.63) is 12.3 Å². The molecule has 0 spiro atoms. The number of ether oxygens (including phenoxy) is 1. The van der Waals surface area contributed by atoms with Gasteiger partial charge in [0.05, 0.1) is 5.76 Å². The van der Waals surface area contributed by atoms with Gasteiger partial charge in [0.15, 0.2) is 0 Å². The quantitative estimate of drug-likeness (QED) is 0.615. The number of allylic oxidation sites excluding steroid dienone is 1. The van der Waals surface area contributed by atoms with Gasteiger partial charge in [-0.15, -0.1) is 0 Å². The van der Waals surface area contributed by atoms with E-state index in [-0.39, 0.29) is 5.60 Å². The Morgan fingerprint density at radius 2 is 2.14 bits per heavy atom. The maximum Gasteiger partial charge on any atom is 0.109 e. The Labute approximate surface area is 87.5 Å². The lowest BCUT2D eigenvalue weighted by Crippen LogP contribution is -2.45. The molecule has 0 amide bonds. The molecule has 2 fully saturated rings. The first-order chi connectivity index (χ1) is 6.50. The lowest BCUT2D eigenvalue weighted by molar-refractivity contribution is -0.0629. The summed E-state index contributed by atoms with van der Waals surface area (Å²) >= 11 is 0. The molecular formula is C13H22O. The summed E-state index contributed by atoms with van der Waals surface area (Å²) in [7, 11) is 0. The van der Waals surface area contributed by atoms with Crippen molar-refractivity contribution < 1.29 is 4.74 Å². The van der Waals surface area contributed by atoms with Crippen LogP contribution in [0, 0.1) is 11.3 Å². The summed E-state index contributed by atoms with van der Waals surface area (Å²) in [4.78, 5) is 0. The van der Waals surface area contributed by atoms with E-state index in [2.05, 4.69) is 27.4 Å². The third kappa shape index (κ3) is 1.29. The number of fused-ring (bicyclic) bond motifs is 1. The number of hydrogen-bond acceptors (Lipinski definition) is 1. The van der Waals surface area contributed by atoms with Gasteiger partial charge in [-0.1, -0.05) is 26.8 Å². The molecule has 1 saturated carbocycles.